The number of hydrogen-bond donors (Lipinski definition) is 2. The molecule has 0 radical (unpaired) electrons. The Morgan fingerprint density at radius 2 is 2.37 bits per heavy atom. The molecule has 1 aliphatic heterocycles. The van der Waals surface area contributed by atoms with Gasteiger partial charge in [0.2, 0.25) is 0 Å². The predicted molar refractivity (Wildman–Crippen MR) is 75.6 cm³/mol. The molecule has 2 aromatic rings. The molecule has 1 aromatic carbocycles. The van der Waals surface area contributed by atoms with E-state index in [1.807, 2.05) is 25.0 Å². The summed E-state index contributed by atoms with van der Waals surface area (Å²) in [4.78, 5) is 1.37. The molecule has 3 rings (SSSR count). The number of benzene rings is 1. The molecule has 0 amide bonds. The lowest BCUT2D eigenvalue weighted by Crippen LogP contribution is -2.44. The van der Waals surface area contributed by atoms with E-state index in [4.69, 9.17) is 5.84 Å². The molecular formula is C13H17N5S. The summed E-state index contributed by atoms with van der Waals surface area (Å²) in [6.07, 6.45) is 3.79. The van der Waals surface area contributed by atoms with Crippen LogP contribution >= 0.6 is 11.8 Å². The van der Waals surface area contributed by atoms with Gasteiger partial charge in [-0.05, 0) is 18.1 Å². The lowest BCUT2D eigenvalue weighted by molar-refractivity contribution is 0.501. The summed E-state index contributed by atoms with van der Waals surface area (Å²) in [5, 5.41) is 8.54. The van der Waals surface area contributed by atoms with Crippen molar-refractivity contribution in [3.05, 3.63) is 41.7 Å². The molecule has 0 fully saturated rings. The van der Waals surface area contributed by atoms with Crippen LogP contribution in [0.5, 0.6) is 0 Å². The quantitative estimate of drug-likeness (QED) is 0.641. The number of aromatic nitrogens is 3. The molecule has 0 bridgehead atoms. The monoisotopic (exact) mass is 275 g/mol. The Bertz CT molecular complexity index is 543. The van der Waals surface area contributed by atoms with Gasteiger partial charge < -0.3 is 0 Å². The van der Waals surface area contributed by atoms with E-state index >= 15 is 0 Å². The minimum Gasteiger partial charge on any atom is -0.271 e. The largest absolute Gasteiger partial charge is 0.271 e. The van der Waals surface area contributed by atoms with Gasteiger partial charge in [-0.3, -0.25) is 16.0 Å². The maximum atomic E-state index is 5.72. The molecule has 0 saturated heterocycles. The average Bonchev–Trinajstić information content (AvgIpc) is 3.01. The highest BCUT2D eigenvalue weighted by Crippen LogP contribution is 2.38. The zero-order valence-electron chi connectivity index (χ0n) is 10.8. The second-order valence-electron chi connectivity index (χ2n) is 4.83. The molecule has 1 aliphatic rings. The molecule has 2 atom stereocenters. The van der Waals surface area contributed by atoms with Crippen LogP contribution in [-0.2, 0) is 19.9 Å². The lowest BCUT2D eigenvalue weighted by atomic mass is 10.0. The molecule has 1 aromatic heterocycles. The molecule has 0 saturated carbocycles. The third-order valence-corrected chi connectivity index (χ3v) is 4.86. The van der Waals surface area contributed by atoms with Crippen LogP contribution in [0, 0.1) is 0 Å². The maximum absolute atomic E-state index is 5.72. The summed E-state index contributed by atoms with van der Waals surface area (Å²) in [6.45, 7) is 0. The fourth-order valence-corrected chi connectivity index (χ4v) is 3.83. The zero-order valence-corrected chi connectivity index (χ0v) is 11.6. The minimum atomic E-state index is 0.203. The average molecular weight is 275 g/mol. The Morgan fingerprint density at radius 1 is 1.53 bits per heavy atom. The van der Waals surface area contributed by atoms with Gasteiger partial charge in [-0.2, -0.15) is 0 Å². The summed E-state index contributed by atoms with van der Waals surface area (Å²) in [7, 11) is 1.88. The van der Waals surface area contributed by atoms with Crippen LogP contribution in [0.2, 0.25) is 0 Å². The fraction of sp³-hybridized carbons (Fsp3) is 0.385. The number of thioether (sulfide) groups is 1. The molecule has 0 aliphatic carbocycles. The van der Waals surface area contributed by atoms with E-state index in [1.54, 1.807) is 4.68 Å². The number of hydrogen-bond acceptors (Lipinski definition) is 5. The van der Waals surface area contributed by atoms with E-state index < -0.39 is 0 Å². The van der Waals surface area contributed by atoms with Gasteiger partial charge in [0.1, 0.15) is 0 Å². The standard InChI is InChI=1S/C13H17N5S/c1-18-8-10(16-17-18)7-11(15-14)13-6-9-4-2-3-5-12(9)19-13/h2-5,8,11,13,15H,6-7,14H2,1H3. The van der Waals surface area contributed by atoms with Gasteiger partial charge in [0.05, 0.1) is 5.69 Å². The summed E-state index contributed by atoms with van der Waals surface area (Å²) in [5.41, 5.74) is 5.33. The highest BCUT2D eigenvalue weighted by molar-refractivity contribution is 8.00. The Hall–Kier alpha value is -1.37. The fourth-order valence-electron chi connectivity index (χ4n) is 2.45. The van der Waals surface area contributed by atoms with Crippen LogP contribution in [0.3, 0.4) is 0 Å². The maximum Gasteiger partial charge on any atom is 0.0843 e. The van der Waals surface area contributed by atoms with Crippen molar-refractivity contribution in [2.75, 3.05) is 0 Å². The van der Waals surface area contributed by atoms with Crippen molar-refractivity contribution in [2.45, 2.75) is 29.0 Å². The van der Waals surface area contributed by atoms with Crippen molar-refractivity contribution in [1.82, 2.24) is 20.4 Å². The molecule has 6 heteroatoms. The Morgan fingerprint density at radius 3 is 3.05 bits per heavy atom. The zero-order chi connectivity index (χ0) is 13.2. The van der Waals surface area contributed by atoms with E-state index in [0.29, 0.717) is 5.25 Å². The molecule has 5 nitrogen and oxygen atoms in total. The first kappa shape index (κ1) is 12.7. The Balaban J connectivity index is 1.71. The van der Waals surface area contributed by atoms with Gasteiger partial charge in [-0.1, -0.05) is 23.4 Å². The van der Waals surface area contributed by atoms with Crippen molar-refractivity contribution < 1.29 is 0 Å². The molecule has 3 N–H and O–H groups in total. The van der Waals surface area contributed by atoms with Gasteiger partial charge in [0.15, 0.2) is 0 Å². The summed E-state index contributed by atoms with van der Waals surface area (Å²) < 4.78 is 1.72. The van der Waals surface area contributed by atoms with Crippen LogP contribution < -0.4 is 11.3 Å². The van der Waals surface area contributed by atoms with E-state index in [-0.39, 0.29) is 6.04 Å². The van der Waals surface area contributed by atoms with Gasteiger partial charge >= 0.3 is 0 Å². The minimum absolute atomic E-state index is 0.203. The molecule has 2 unspecified atom stereocenters. The number of aryl methyl sites for hydroxylation is 1. The molecule has 0 spiro atoms. The van der Waals surface area contributed by atoms with Crippen LogP contribution in [0.25, 0.3) is 0 Å². The van der Waals surface area contributed by atoms with Crippen molar-refractivity contribution in [3.63, 3.8) is 0 Å². The topological polar surface area (TPSA) is 68.8 Å². The molecule has 100 valence electrons. The van der Waals surface area contributed by atoms with Crippen LogP contribution in [0.15, 0.2) is 35.4 Å². The third kappa shape index (κ3) is 2.65. The van der Waals surface area contributed by atoms with Crippen LogP contribution in [0.1, 0.15) is 11.3 Å². The second kappa shape index (κ2) is 5.32. The lowest BCUT2D eigenvalue weighted by Gasteiger charge is -2.20. The van der Waals surface area contributed by atoms with E-state index in [0.717, 1.165) is 18.5 Å². The van der Waals surface area contributed by atoms with Gasteiger partial charge in [-0.15, -0.1) is 16.9 Å². The molecule has 19 heavy (non-hydrogen) atoms. The number of rotatable bonds is 4. The number of hydrazine groups is 1. The Kier molecular flexibility index (Phi) is 3.54. The highest BCUT2D eigenvalue weighted by Gasteiger charge is 2.29. The van der Waals surface area contributed by atoms with Crippen molar-refractivity contribution >= 4 is 11.8 Å². The van der Waals surface area contributed by atoms with Crippen molar-refractivity contribution in [3.8, 4) is 0 Å². The second-order valence-corrected chi connectivity index (χ2v) is 6.11. The molecular weight excluding hydrogens is 258 g/mol. The highest BCUT2D eigenvalue weighted by atomic mass is 32.2. The number of nitrogens with one attached hydrogen (secondary N) is 1. The number of nitrogens with two attached hydrogens (primary N) is 1. The number of nitrogens with zero attached hydrogens (tertiary/aromatic N) is 3. The third-order valence-electron chi connectivity index (χ3n) is 3.41. The summed E-state index contributed by atoms with van der Waals surface area (Å²) in [5.74, 6) is 5.72. The van der Waals surface area contributed by atoms with Gasteiger partial charge in [0.25, 0.3) is 0 Å². The predicted octanol–water partition coefficient (Wildman–Crippen LogP) is 0.907. The van der Waals surface area contributed by atoms with Crippen molar-refractivity contribution in [1.29, 1.82) is 0 Å². The summed E-state index contributed by atoms with van der Waals surface area (Å²) in [6, 6.07) is 8.75. The normalized spacial score (nSPS) is 19.4. The SMILES string of the molecule is Cn1cc(CC(NN)C2Cc3ccccc3S2)nn1. The van der Waals surface area contributed by atoms with Gasteiger partial charge in [-0.25, -0.2) is 0 Å². The van der Waals surface area contributed by atoms with E-state index in [9.17, 15) is 0 Å². The number of fused-ring (bicyclic) bond motifs is 1. The first-order valence-corrected chi connectivity index (χ1v) is 7.20. The first-order valence-electron chi connectivity index (χ1n) is 6.32. The first-order chi connectivity index (χ1) is 9.26. The van der Waals surface area contributed by atoms with E-state index in [2.05, 4.69) is 40.0 Å². The van der Waals surface area contributed by atoms with Gasteiger partial charge in [0, 0.05) is 35.9 Å². The van der Waals surface area contributed by atoms with E-state index in [1.165, 1.54) is 10.5 Å². The van der Waals surface area contributed by atoms with Crippen LogP contribution in [0.4, 0.5) is 0 Å². The van der Waals surface area contributed by atoms with Crippen LogP contribution in [-0.4, -0.2) is 26.3 Å². The molecule has 2 heterocycles. The summed E-state index contributed by atoms with van der Waals surface area (Å²) >= 11 is 1.90. The smallest absolute Gasteiger partial charge is 0.0843 e. The Labute approximate surface area is 116 Å². The van der Waals surface area contributed by atoms with Crippen molar-refractivity contribution in [2.24, 2.45) is 12.9 Å².